The number of hydrogen-bond acceptors (Lipinski definition) is 1. The molecule has 0 radical (unpaired) electrons. The van der Waals surface area contributed by atoms with Crippen LogP contribution >= 0.6 is 0 Å². The summed E-state index contributed by atoms with van der Waals surface area (Å²) in [6.07, 6.45) is 0.948. The molecule has 11 rings (SSSR count). The number of fused-ring (bicyclic) bond motifs is 5. The van der Waals surface area contributed by atoms with Crippen LogP contribution in [0.3, 0.4) is 0 Å². The predicted octanol–water partition coefficient (Wildman–Crippen LogP) is 15.8. The smallest absolute Gasteiger partial charge is 0.197 e. The fourth-order valence-corrected chi connectivity index (χ4v) is 11.6. The summed E-state index contributed by atoms with van der Waals surface area (Å²) in [5.74, 6) is 0.0219. The second-order valence-corrected chi connectivity index (χ2v) is 19.3. The Bertz CT molecular complexity index is 3380. The highest BCUT2D eigenvalue weighted by Gasteiger charge is 2.48. The van der Waals surface area contributed by atoms with Crippen molar-refractivity contribution < 1.29 is 4.79 Å². The third kappa shape index (κ3) is 6.05. The Morgan fingerprint density at radius 3 is 1.30 bits per heavy atom. The lowest BCUT2D eigenvalue weighted by Gasteiger charge is -2.30. The van der Waals surface area contributed by atoms with E-state index in [0.717, 1.165) is 67.5 Å². The van der Waals surface area contributed by atoms with Crippen LogP contribution in [0.2, 0.25) is 0 Å². The summed E-state index contributed by atoms with van der Waals surface area (Å²) in [6.45, 7) is 16.3. The number of hydrogen-bond donors (Lipinski definition) is 0. The van der Waals surface area contributed by atoms with Crippen LogP contribution in [-0.4, -0.2) is 14.9 Å². The number of carbonyl (C=O) groups excluding carboxylic acids is 1. The molecule has 1 aliphatic carbocycles. The molecule has 64 heavy (non-hydrogen) atoms. The summed E-state index contributed by atoms with van der Waals surface area (Å²) in [7, 11) is 0. The molecular formula is C61H52N2O. The highest BCUT2D eigenvalue weighted by Crippen LogP contribution is 2.57. The van der Waals surface area contributed by atoms with Gasteiger partial charge in [-0.15, -0.1) is 0 Å². The standard InChI is InChI=1S/C61H52N2O/c1-38-40(3)62(51-31-28-45(34-48(38)51)41-20-12-8-13-21-41)57-39(2)55-56(61(6,7)37-60(55,4)5)58(54(57)59(64)44-26-18-11-19-27-44)63-52-32-29-46(42-22-14-9-15-23-42)35-49(52)50-36-47(30-33-53(50)63)43-24-16-10-17-25-43/h8-36H,37H2,1-7H3. The highest BCUT2D eigenvalue weighted by molar-refractivity contribution is 6.18. The molecule has 0 amide bonds. The fraction of sp³-hybridized carbons (Fsp3) is 0.164. The van der Waals surface area contributed by atoms with Gasteiger partial charge in [0.2, 0.25) is 0 Å². The quantitative estimate of drug-likeness (QED) is 0.147. The highest BCUT2D eigenvalue weighted by atomic mass is 16.1. The lowest BCUT2D eigenvalue weighted by molar-refractivity contribution is 0.103. The molecule has 3 heteroatoms. The number of ketones is 1. The first-order valence-electron chi connectivity index (χ1n) is 22.6. The van der Waals surface area contributed by atoms with Crippen molar-refractivity contribution in [3.05, 3.63) is 215 Å². The van der Waals surface area contributed by atoms with E-state index in [0.29, 0.717) is 5.56 Å². The van der Waals surface area contributed by atoms with Crippen LogP contribution in [0.1, 0.15) is 78.0 Å². The molecule has 0 saturated heterocycles. The summed E-state index contributed by atoms with van der Waals surface area (Å²) >= 11 is 0. The maximum Gasteiger partial charge on any atom is 0.197 e. The third-order valence-corrected chi connectivity index (χ3v) is 14.2. The molecule has 3 nitrogen and oxygen atoms in total. The average molecular weight is 829 g/mol. The summed E-state index contributed by atoms with van der Waals surface area (Å²) in [5, 5.41) is 3.51. The van der Waals surface area contributed by atoms with E-state index in [-0.39, 0.29) is 16.6 Å². The molecular weight excluding hydrogens is 777 g/mol. The van der Waals surface area contributed by atoms with E-state index in [4.69, 9.17) is 0 Å². The molecule has 0 spiro atoms. The van der Waals surface area contributed by atoms with Crippen LogP contribution in [0, 0.1) is 20.8 Å². The SMILES string of the molecule is Cc1c(-n2c(C)c(C)c3cc(-c4ccccc4)ccc32)c(C(=O)c2ccccc2)c(-n2c3ccc(-c4ccccc4)cc3c3cc(-c4ccccc4)ccc32)c2c1C(C)(C)CC2(C)C. The first-order valence-corrected chi connectivity index (χ1v) is 22.6. The lowest BCUT2D eigenvalue weighted by Crippen LogP contribution is -2.22. The molecule has 312 valence electrons. The maximum absolute atomic E-state index is 16.1. The van der Waals surface area contributed by atoms with Crippen LogP contribution in [0.5, 0.6) is 0 Å². The van der Waals surface area contributed by atoms with Gasteiger partial charge in [0.1, 0.15) is 0 Å². The van der Waals surface area contributed by atoms with Crippen molar-refractivity contribution in [2.45, 2.75) is 65.7 Å². The summed E-state index contributed by atoms with van der Waals surface area (Å²) < 4.78 is 4.89. The Morgan fingerprint density at radius 1 is 0.422 bits per heavy atom. The molecule has 8 aromatic carbocycles. The molecule has 0 saturated carbocycles. The minimum Gasteiger partial charge on any atom is -0.312 e. The van der Waals surface area contributed by atoms with Crippen molar-refractivity contribution in [1.82, 2.24) is 9.13 Å². The van der Waals surface area contributed by atoms with Gasteiger partial charge < -0.3 is 9.13 Å². The summed E-state index contributed by atoms with van der Waals surface area (Å²) in [4.78, 5) is 16.1. The minimum atomic E-state index is -0.256. The average Bonchev–Trinajstić information content (AvgIpc) is 3.85. The molecule has 0 fully saturated rings. The van der Waals surface area contributed by atoms with Crippen LogP contribution in [-0.2, 0) is 10.8 Å². The number of benzene rings is 8. The molecule has 1 aliphatic rings. The lowest BCUT2D eigenvalue weighted by atomic mass is 9.81. The van der Waals surface area contributed by atoms with Crippen LogP contribution in [0.25, 0.3) is 77.5 Å². The van der Waals surface area contributed by atoms with Gasteiger partial charge >= 0.3 is 0 Å². The van der Waals surface area contributed by atoms with E-state index < -0.39 is 0 Å². The molecule has 0 unspecified atom stereocenters. The van der Waals surface area contributed by atoms with Gasteiger partial charge in [-0.25, -0.2) is 0 Å². The van der Waals surface area contributed by atoms with Crippen molar-refractivity contribution >= 4 is 38.5 Å². The molecule has 0 aliphatic heterocycles. The van der Waals surface area contributed by atoms with Gasteiger partial charge in [0.15, 0.2) is 5.78 Å². The van der Waals surface area contributed by atoms with E-state index in [1.807, 2.05) is 30.3 Å². The van der Waals surface area contributed by atoms with Crippen LogP contribution in [0.4, 0.5) is 0 Å². The zero-order valence-corrected chi connectivity index (χ0v) is 37.8. The summed E-state index contributed by atoms with van der Waals surface area (Å²) in [5.41, 5.74) is 19.3. The van der Waals surface area contributed by atoms with Gasteiger partial charge in [-0.05, 0) is 130 Å². The monoisotopic (exact) mass is 828 g/mol. The van der Waals surface area contributed by atoms with Crippen LogP contribution < -0.4 is 0 Å². The van der Waals surface area contributed by atoms with Crippen molar-refractivity contribution in [3.8, 4) is 44.8 Å². The van der Waals surface area contributed by atoms with E-state index in [1.165, 1.54) is 49.9 Å². The number of aromatic nitrogens is 2. The molecule has 2 aromatic heterocycles. The number of carbonyl (C=O) groups is 1. The van der Waals surface area contributed by atoms with Crippen molar-refractivity contribution in [1.29, 1.82) is 0 Å². The van der Waals surface area contributed by atoms with E-state index in [9.17, 15) is 0 Å². The number of rotatable bonds is 7. The molecule has 2 heterocycles. The first kappa shape index (κ1) is 39.6. The van der Waals surface area contributed by atoms with Crippen molar-refractivity contribution in [2.75, 3.05) is 0 Å². The zero-order valence-electron chi connectivity index (χ0n) is 37.8. The second kappa shape index (κ2) is 14.7. The normalized spacial score (nSPS) is 14.1. The van der Waals surface area contributed by atoms with Crippen LogP contribution in [0.15, 0.2) is 176 Å². The van der Waals surface area contributed by atoms with Gasteiger partial charge in [0.05, 0.1) is 33.5 Å². The maximum atomic E-state index is 16.1. The Morgan fingerprint density at radius 2 is 0.828 bits per heavy atom. The van der Waals surface area contributed by atoms with Gasteiger partial charge in [-0.2, -0.15) is 0 Å². The molecule has 10 aromatic rings. The number of aryl methyl sites for hydroxylation is 1. The molecule has 0 N–H and O–H groups in total. The van der Waals surface area contributed by atoms with Gasteiger partial charge in [-0.1, -0.05) is 167 Å². The predicted molar refractivity (Wildman–Crippen MR) is 269 cm³/mol. The van der Waals surface area contributed by atoms with E-state index in [1.54, 1.807) is 0 Å². The van der Waals surface area contributed by atoms with Gasteiger partial charge in [-0.3, -0.25) is 4.79 Å². The Kier molecular flexibility index (Phi) is 9.08. The number of nitrogens with zero attached hydrogens (tertiary/aromatic N) is 2. The van der Waals surface area contributed by atoms with Crippen molar-refractivity contribution in [2.24, 2.45) is 0 Å². The Labute approximate surface area is 376 Å². The third-order valence-electron chi connectivity index (χ3n) is 14.2. The Balaban J connectivity index is 1.32. The molecule has 0 bridgehead atoms. The van der Waals surface area contributed by atoms with E-state index in [2.05, 4.69) is 203 Å². The minimum absolute atomic E-state index is 0.0219. The topological polar surface area (TPSA) is 26.9 Å². The molecule has 0 atom stereocenters. The van der Waals surface area contributed by atoms with Crippen molar-refractivity contribution in [3.63, 3.8) is 0 Å². The largest absolute Gasteiger partial charge is 0.312 e. The second-order valence-electron chi connectivity index (χ2n) is 19.3. The fourth-order valence-electron chi connectivity index (χ4n) is 11.6. The first-order chi connectivity index (χ1) is 30.9. The zero-order chi connectivity index (χ0) is 44.1. The Hall–Kier alpha value is -7.23. The summed E-state index contributed by atoms with van der Waals surface area (Å²) in [6, 6.07) is 62.5. The van der Waals surface area contributed by atoms with Gasteiger partial charge in [0, 0.05) is 27.4 Å². The van der Waals surface area contributed by atoms with E-state index >= 15 is 4.79 Å². The van der Waals surface area contributed by atoms with Gasteiger partial charge in [0.25, 0.3) is 0 Å².